The number of fused-ring (bicyclic) bond motifs is 1. The van der Waals surface area contributed by atoms with E-state index in [4.69, 9.17) is 10.3 Å². The fraction of sp³-hybridized carbons (Fsp3) is 0.0741. The van der Waals surface area contributed by atoms with Gasteiger partial charge in [0.15, 0.2) is 0 Å². The maximum atomic E-state index is 12.7. The monoisotopic (exact) mass is 701 g/mol. The number of nitrogens with zero attached hydrogens (tertiary/aromatic N) is 3. The standard InChI is InChI=1S/C27H21BrIN5O3S/c28-23-14-29-34-26(13-24(33-27(23)34)22-9-1-2-10-25(22)35)31-16-19-6-3-7-20(11-19)17-32-38(36,37)21-8-4-5-18(12-21)15-30/h1-14,32-33,35H,16-17H2. The van der Waals surface area contributed by atoms with Crippen molar-refractivity contribution >= 4 is 62.5 Å². The number of phenolic OH excluding ortho intramolecular Hbond substituents is 1. The van der Waals surface area contributed by atoms with Gasteiger partial charge in [0.2, 0.25) is 10.0 Å². The number of phenols is 1. The van der Waals surface area contributed by atoms with E-state index < -0.39 is 31.0 Å². The van der Waals surface area contributed by atoms with Crippen molar-refractivity contribution in [3.8, 4) is 11.8 Å². The molecule has 192 valence electrons. The predicted molar refractivity (Wildman–Crippen MR) is 160 cm³/mol. The molecule has 0 radical (unpaired) electrons. The number of nitrogens with one attached hydrogen (secondary N) is 2. The Morgan fingerprint density at radius 3 is 2.68 bits per heavy atom. The first-order valence-corrected chi connectivity index (χ1v) is 15.9. The highest BCUT2D eigenvalue weighted by molar-refractivity contribution is 14.2. The molecule has 0 aromatic heterocycles. The third-order valence-electron chi connectivity index (χ3n) is 5.74. The normalized spacial score (nSPS) is 15.9. The molecule has 2 aliphatic heterocycles. The van der Waals surface area contributed by atoms with E-state index in [-0.39, 0.29) is 22.8 Å². The lowest BCUT2D eigenvalue weighted by Crippen LogP contribution is -2.33. The number of aromatic hydroxyl groups is 1. The Bertz CT molecular complexity index is 1690. The highest BCUT2D eigenvalue weighted by Crippen LogP contribution is 2.36. The van der Waals surface area contributed by atoms with Crippen LogP contribution in [0.25, 0.3) is 5.70 Å². The zero-order valence-corrected chi connectivity index (χ0v) is 24.3. The molecular weight excluding hydrogens is 681 g/mol. The van der Waals surface area contributed by atoms with E-state index in [1.54, 1.807) is 24.3 Å². The van der Waals surface area contributed by atoms with Crippen LogP contribution < -0.4 is 10.0 Å². The number of hydrogen-bond acceptors (Lipinski definition) is 6. The molecule has 0 saturated heterocycles. The Morgan fingerprint density at radius 2 is 1.87 bits per heavy atom. The first-order valence-electron chi connectivity index (χ1n) is 11.4. The molecule has 2 heterocycles. The number of allylic oxidation sites excluding steroid dienone is 1. The summed E-state index contributed by atoms with van der Waals surface area (Å²) in [5.74, 6) is 1.88. The van der Waals surface area contributed by atoms with Crippen LogP contribution in [0.3, 0.4) is 0 Å². The maximum Gasteiger partial charge on any atom is 0.240 e. The molecule has 38 heavy (non-hydrogen) atoms. The van der Waals surface area contributed by atoms with Crippen molar-refractivity contribution in [2.45, 2.75) is 18.0 Å². The molecule has 0 bridgehead atoms. The summed E-state index contributed by atoms with van der Waals surface area (Å²) in [6.45, 7) is 0.507. The van der Waals surface area contributed by atoms with Crippen LogP contribution in [-0.2, 0) is 23.1 Å². The van der Waals surface area contributed by atoms with Crippen LogP contribution in [0.15, 0.2) is 99.1 Å². The summed E-state index contributed by atoms with van der Waals surface area (Å²) < 4.78 is 33.3. The summed E-state index contributed by atoms with van der Waals surface area (Å²) in [5, 5.41) is 22.8. The van der Waals surface area contributed by atoms with Gasteiger partial charge in [0, 0.05) is 43.2 Å². The number of aliphatic imine (C=N–C) groups is 1. The van der Waals surface area contributed by atoms with Gasteiger partial charge in [0.25, 0.3) is 0 Å². The number of amidine groups is 1. The number of halogens is 2. The third-order valence-corrected chi connectivity index (χ3v) is 11.0. The minimum Gasteiger partial charge on any atom is -0.507 e. The number of para-hydroxylation sites is 1. The molecule has 0 aliphatic carbocycles. The van der Waals surface area contributed by atoms with E-state index >= 15 is 0 Å². The Kier molecular flexibility index (Phi) is 7.75. The molecule has 5 rings (SSSR count). The van der Waals surface area contributed by atoms with Crippen molar-refractivity contribution in [3.05, 3.63) is 111 Å². The molecule has 2 aliphatic rings. The molecule has 11 heteroatoms. The zero-order chi connectivity index (χ0) is 26.7. The van der Waals surface area contributed by atoms with Gasteiger partial charge in [-0.3, -0.25) is 8.11 Å². The summed E-state index contributed by atoms with van der Waals surface area (Å²) in [5.41, 5.74) is 3.46. The van der Waals surface area contributed by atoms with E-state index in [1.165, 1.54) is 12.1 Å². The summed E-state index contributed by atoms with van der Waals surface area (Å²) in [6.07, 6.45) is 1.94. The van der Waals surface area contributed by atoms with Gasteiger partial charge in [-0.1, -0.05) is 42.5 Å². The minimum atomic E-state index is -3.76. The summed E-state index contributed by atoms with van der Waals surface area (Å²) >= 11 is 3.18. The van der Waals surface area contributed by atoms with E-state index in [0.717, 1.165) is 33.0 Å². The van der Waals surface area contributed by atoms with Crippen molar-refractivity contribution in [3.63, 3.8) is 0 Å². The molecule has 0 unspecified atom stereocenters. The van der Waals surface area contributed by atoms with Crippen molar-refractivity contribution < 1.29 is 13.5 Å². The van der Waals surface area contributed by atoms with Crippen LogP contribution in [-0.4, -0.2) is 26.5 Å². The SMILES string of the molecule is N#Cc1cccc(S(=O)(=O)NCc2cccc(CN=C3C=C(c4ccccc4O)NC4=C(Br)C=IN34)c2)c1. The predicted octanol–water partition coefficient (Wildman–Crippen LogP) is 4.85. The molecule has 0 atom stereocenters. The van der Waals surface area contributed by atoms with Crippen molar-refractivity contribution in [2.24, 2.45) is 4.99 Å². The fourth-order valence-electron chi connectivity index (χ4n) is 3.87. The molecular formula is C27H21BrIN5O3S. The molecule has 0 spiro atoms. The number of nitriles is 1. The van der Waals surface area contributed by atoms with Gasteiger partial charge in [0.05, 0.1) is 33.3 Å². The number of sulfonamides is 1. The molecule has 3 N–H and O–H groups in total. The average molecular weight is 702 g/mol. The lowest BCUT2D eigenvalue weighted by atomic mass is 10.1. The van der Waals surface area contributed by atoms with Gasteiger partial charge in [-0.2, -0.15) is 5.26 Å². The van der Waals surface area contributed by atoms with E-state index in [1.807, 2.05) is 48.5 Å². The first kappa shape index (κ1) is 26.3. The van der Waals surface area contributed by atoms with Crippen molar-refractivity contribution in [1.29, 1.82) is 5.26 Å². The second-order valence-corrected chi connectivity index (χ2v) is 13.1. The molecule has 0 amide bonds. The highest BCUT2D eigenvalue weighted by atomic mass is 127. The quantitative estimate of drug-likeness (QED) is 0.240. The Balaban J connectivity index is 1.35. The molecule has 3 aromatic rings. The van der Waals surface area contributed by atoms with Gasteiger partial charge in [-0.25, -0.2) is 13.1 Å². The minimum absolute atomic E-state index is 0.0535. The van der Waals surface area contributed by atoms with E-state index in [2.05, 4.69) is 33.1 Å². The topological polar surface area (TPSA) is 118 Å². The average Bonchev–Trinajstić information content (AvgIpc) is 3.31. The maximum absolute atomic E-state index is 12.7. The van der Waals surface area contributed by atoms with Crippen LogP contribution in [0, 0.1) is 11.3 Å². The Morgan fingerprint density at radius 1 is 1.08 bits per heavy atom. The number of hydrogen-bond donors (Lipinski definition) is 3. The van der Waals surface area contributed by atoms with Crippen LogP contribution in [0.4, 0.5) is 0 Å². The van der Waals surface area contributed by atoms with Crippen molar-refractivity contribution in [2.75, 3.05) is 0 Å². The lowest BCUT2D eigenvalue weighted by Gasteiger charge is -2.28. The second-order valence-electron chi connectivity index (χ2n) is 8.34. The van der Waals surface area contributed by atoms with Crippen molar-refractivity contribution in [1.82, 2.24) is 13.2 Å². The summed E-state index contributed by atoms with van der Waals surface area (Å²) in [4.78, 5) is 4.93. The molecule has 0 saturated carbocycles. The van der Waals surface area contributed by atoms with Crippen LogP contribution >= 0.6 is 36.9 Å². The summed E-state index contributed by atoms with van der Waals surface area (Å²) in [7, 11) is -3.76. The Hall–Kier alpha value is -3.31. The fourth-order valence-corrected chi connectivity index (χ4v) is 8.11. The first-order chi connectivity index (χ1) is 18.3. The lowest BCUT2D eigenvalue weighted by molar-refractivity contribution is 0.473. The Labute approximate surface area is 239 Å². The number of rotatable bonds is 7. The van der Waals surface area contributed by atoms with Crippen LogP contribution in [0.2, 0.25) is 0 Å². The third kappa shape index (κ3) is 5.73. The van der Waals surface area contributed by atoms with E-state index in [0.29, 0.717) is 12.1 Å². The van der Waals surface area contributed by atoms with Gasteiger partial charge in [0.1, 0.15) is 17.4 Å². The zero-order valence-electron chi connectivity index (χ0n) is 19.8. The van der Waals surface area contributed by atoms with E-state index in [9.17, 15) is 13.5 Å². The van der Waals surface area contributed by atoms with Crippen LogP contribution in [0.5, 0.6) is 5.75 Å². The summed E-state index contributed by atoms with van der Waals surface area (Å²) in [6, 6.07) is 22.6. The van der Waals surface area contributed by atoms with Gasteiger partial charge >= 0.3 is 0 Å². The van der Waals surface area contributed by atoms with Gasteiger partial charge in [-0.05, 0) is 57.4 Å². The van der Waals surface area contributed by atoms with Gasteiger partial charge < -0.3 is 10.4 Å². The largest absolute Gasteiger partial charge is 0.507 e. The highest BCUT2D eigenvalue weighted by Gasteiger charge is 2.27. The van der Waals surface area contributed by atoms with Gasteiger partial charge in [-0.15, -0.1) is 0 Å². The number of benzene rings is 3. The molecule has 3 aromatic carbocycles. The molecule has 8 nitrogen and oxygen atoms in total. The van der Waals surface area contributed by atoms with Crippen LogP contribution in [0.1, 0.15) is 22.3 Å². The second kappa shape index (κ2) is 11.2. The molecule has 0 fully saturated rings. The smallest absolute Gasteiger partial charge is 0.240 e.